The fraction of sp³-hybridized carbons (Fsp3) is 0.333. The van der Waals surface area contributed by atoms with Gasteiger partial charge in [0.05, 0.1) is 17.6 Å². The van der Waals surface area contributed by atoms with E-state index < -0.39 is 0 Å². The maximum absolute atomic E-state index is 12.2. The van der Waals surface area contributed by atoms with Gasteiger partial charge in [0.1, 0.15) is 11.6 Å². The number of ether oxygens (including phenoxy) is 1. The van der Waals surface area contributed by atoms with E-state index in [1.54, 1.807) is 24.3 Å². The molecule has 0 aliphatic heterocycles. The minimum absolute atomic E-state index is 0.0812. The largest absolute Gasteiger partial charge is 0.494 e. The van der Waals surface area contributed by atoms with Crippen LogP contribution >= 0.6 is 11.6 Å². The van der Waals surface area contributed by atoms with Gasteiger partial charge in [-0.25, -0.2) is 4.98 Å². The average Bonchev–Trinajstić information content (AvgIpc) is 3.23. The lowest BCUT2D eigenvalue weighted by atomic mass is 10.1. The molecule has 0 saturated carbocycles. The molecular formula is C30H34ClN3O2. The number of rotatable bonds is 12. The Morgan fingerprint density at radius 1 is 0.944 bits per heavy atom. The first-order valence-electron chi connectivity index (χ1n) is 12.7. The number of halogens is 1. The molecule has 6 heteroatoms. The number of unbranched alkanes of at least 4 members (excludes halogenated alkanes) is 2. The number of hydrogen-bond acceptors (Lipinski definition) is 3. The van der Waals surface area contributed by atoms with Crippen LogP contribution in [0, 0.1) is 13.8 Å². The number of carbonyl (C=O) groups excluding carboxylic acids is 1. The number of aryl methyl sites for hydroxylation is 4. The molecule has 1 N–H and O–H groups in total. The van der Waals surface area contributed by atoms with E-state index in [4.69, 9.17) is 21.3 Å². The van der Waals surface area contributed by atoms with Gasteiger partial charge >= 0.3 is 0 Å². The van der Waals surface area contributed by atoms with Crippen molar-refractivity contribution >= 4 is 28.5 Å². The predicted octanol–water partition coefficient (Wildman–Crippen LogP) is 6.92. The minimum Gasteiger partial charge on any atom is -0.494 e. The third-order valence-corrected chi connectivity index (χ3v) is 6.69. The zero-order valence-corrected chi connectivity index (χ0v) is 21.9. The van der Waals surface area contributed by atoms with Crippen LogP contribution in [0.3, 0.4) is 0 Å². The molecule has 1 amide bonds. The molecule has 0 unspecified atom stereocenters. The lowest BCUT2D eigenvalue weighted by molar-refractivity contribution is 0.0953. The van der Waals surface area contributed by atoms with Crippen LogP contribution in [-0.2, 0) is 13.0 Å². The summed E-state index contributed by atoms with van der Waals surface area (Å²) in [5, 5.41) is 3.55. The van der Waals surface area contributed by atoms with Gasteiger partial charge in [-0.05, 0) is 86.7 Å². The molecule has 4 rings (SSSR count). The zero-order chi connectivity index (χ0) is 25.3. The van der Waals surface area contributed by atoms with Gasteiger partial charge in [-0.1, -0.05) is 42.3 Å². The Labute approximate surface area is 218 Å². The average molecular weight is 504 g/mol. The molecule has 0 radical (unpaired) electrons. The predicted molar refractivity (Wildman–Crippen MR) is 147 cm³/mol. The molecule has 5 nitrogen and oxygen atoms in total. The highest BCUT2D eigenvalue weighted by Crippen LogP contribution is 2.20. The van der Waals surface area contributed by atoms with E-state index in [0.717, 1.165) is 55.7 Å². The molecule has 3 aromatic carbocycles. The van der Waals surface area contributed by atoms with Crippen LogP contribution < -0.4 is 10.1 Å². The van der Waals surface area contributed by atoms with Crippen LogP contribution in [0.1, 0.15) is 53.0 Å². The second-order valence-corrected chi connectivity index (χ2v) is 9.63. The normalized spacial score (nSPS) is 11.1. The Bertz CT molecular complexity index is 1310. The van der Waals surface area contributed by atoms with Gasteiger partial charge in [-0.3, -0.25) is 4.79 Å². The first-order chi connectivity index (χ1) is 17.5. The molecule has 36 heavy (non-hydrogen) atoms. The molecule has 0 spiro atoms. The van der Waals surface area contributed by atoms with E-state index in [9.17, 15) is 4.79 Å². The highest BCUT2D eigenvalue weighted by Gasteiger charge is 2.11. The molecule has 1 heterocycles. The molecule has 0 aliphatic carbocycles. The van der Waals surface area contributed by atoms with E-state index in [0.29, 0.717) is 23.7 Å². The summed E-state index contributed by atoms with van der Waals surface area (Å²) in [5.74, 6) is 1.96. The second kappa shape index (κ2) is 12.6. The zero-order valence-electron chi connectivity index (χ0n) is 21.1. The summed E-state index contributed by atoms with van der Waals surface area (Å²) in [6.07, 6.45) is 4.80. The summed E-state index contributed by atoms with van der Waals surface area (Å²) in [4.78, 5) is 17.2. The lowest BCUT2D eigenvalue weighted by Crippen LogP contribution is -2.24. The summed E-state index contributed by atoms with van der Waals surface area (Å²) in [6.45, 7) is 6.41. The number of imidazole rings is 1. The number of nitrogens with one attached hydrogen (secondary N) is 1. The topological polar surface area (TPSA) is 56.1 Å². The molecule has 0 bridgehead atoms. The number of amides is 1. The maximum atomic E-state index is 12.2. The highest BCUT2D eigenvalue weighted by molar-refractivity contribution is 6.30. The van der Waals surface area contributed by atoms with Gasteiger partial charge in [0.15, 0.2) is 0 Å². The summed E-state index contributed by atoms with van der Waals surface area (Å²) in [5.41, 5.74) is 5.33. The molecular weight excluding hydrogens is 470 g/mol. The van der Waals surface area contributed by atoms with Crippen molar-refractivity contribution in [1.29, 1.82) is 0 Å². The number of para-hydroxylation sites is 2. The van der Waals surface area contributed by atoms with Gasteiger partial charge in [0, 0.05) is 30.1 Å². The number of fused-ring (bicyclic) bond motifs is 1. The van der Waals surface area contributed by atoms with Crippen molar-refractivity contribution in [1.82, 2.24) is 14.9 Å². The lowest BCUT2D eigenvalue weighted by Gasteiger charge is -2.11. The van der Waals surface area contributed by atoms with Crippen molar-refractivity contribution in [2.75, 3.05) is 13.2 Å². The van der Waals surface area contributed by atoms with E-state index in [2.05, 4.69) is 54.1 Å². The van der Waals surface area contributed by atoms with Gasteiger partial charge < -0.3 is 14.6 Å². The van der Waals surface area contributed by atoms with Gasteiger partial charge in [0.2, 0.25) is 0 Å². The molecule has 0 atom stereocenters. The first kappa shape index (κ1) is 25.8. The Hall–Kier alpha value is -3.31. The van der Waals surface area contributed by atoms with Crippen molar-refractivity contribution in [3.63, 3.8) is 0 Å². The van der Waals surface area contributed by atoms with E-state index >= 15 is 0 Å². The monoisotopic (exact) mass is 503 g/mol. The Morgan fingerprint density at radius 2 is 1.81 bits per heavy atom. The quantitative estimate of drug-likeness (QED) is 0.213. The minimum atomic E-state index is -0.0812. The van der Waals surface area contributed by atoms with Crippen LogP contribution in [0.2, 0.25) is 5.02 Å². The van der Waals surface area contributed by atoms with Crippen LogP contribution in [0.25, 0.3) is 11.0 Å². The standard InChI is InChI=1S/C30H34ClN3O2/c1-22-15-16-26(20-23(22)2)36-19-9-18-34-28-13-6-5-12-27(28)33-29(34)14-4-3-7-17-32-30(35)24-10-8-11-25(31)21-24/h5-6,8,10-13,15-16,20-21H,3-4,7,9,14,17-19H2,1-2H3,(H,32,35). The van der Waals surface area contributed by atoms with Crippen molar-refractivity contribution < 1.29 is 9.53 Å². The number of aromatic nitrogens is 2. The van der Waals surface area contributed by atoms with Crippen molar-refractivity contribution in [3.05, 3.63) is 94.3 Å². The summed E-state index contributed by atoms with van der Waals surface area (Å²) in [6, 6.07) is 21.6. The fourth-order valence-corrected chi connectivity index (χ4v) is 4.49. The smallest absolute Gasteiger partial charge is 0.251 e. The molecule has 0 fully saturated rings. The van der Waals surface area contributed by atoms with Crippen LogP contribution in [-0.4, -0.2) is 28.6 Å². The van der Waals surface area contributed by atoms with Gasteiger partial charge in [-0.2, -0.15) is 0 Å². The van der Waals surface area contributed by atoms with Crippen molar-refractivity contribution in [2.45, 2.75) is 52.5 Å². The van der Waals surface area contributed by atoms with Crippen LogP contribution in [0.15, 0.2) is 66.7 Å². The number of carbonyl (C=O) groups is 1. The molecule has 1 aromatic heterocycles. The first-order valence-corrected chi connectivity index (χ1v) is 13.1. The Morgan fingerprint density at radius 3 is 2.64 bits per heavy atom. The summed E-state index contributed by atoms with van der Waals surface area (Å²) in [7, 11) is 0. The SMILES string of the molecule is Cc1ccc(OCCCn2c(CCCCCNC(=O)c3cccc(Cl)c3)nc3ccccc32)cc1C. The van der Waals surface area contributed by atoms with Crippen molar-refractivity contribution in [3.8, 4) is 5.75 Å². The molecule has 0 saturated heterocycles. The number of benzene rings is 3. The highest BCUT2D eigenvalue weighted by atomic mass is 35.5. The molecule has 0 aliphatic rings. The fourth-order valence-electron chi connectivity index (χ4n) is 4.30. The molecule has 4 aromatic rings. The van der Waals surface area contributed by atoms with Gasteiger partial charge in [-0.15, -0.1) is 0 Å². The number of hydrogen-bond donors (Lipinski definition) is 1. The summed E-state index contributed by atoms with van der Waals surface area (Å²) >= 11 is 5.98. The third kappa shape index (κ3) is 6.88. The third-order valence-electron chi connectivity index (χ3n) is 6.46. The van der Waals surface area contributed by atoms with E-state index in [1.807, 2.05) is 12.1 Å². The van der Waals surface area contributed by atoms with Crippen LogP contribution in [0.5, 0.6) is 5.75 Å². The van der Waals surface area contributed by atoms with Crippen molar-refractivity contribution in [2.24, 2.45) is 0 Å². The summed E-state index contributed by atoms with van der Waals surface area (Å²) < 4.78 is 8.33. The number of nitrogens with zero attached hydrogens (tertiary/aromatic N) is 2. The van der Waals surface area contributed by atoms with E-state index in [-0.39, 0.29) is 5.91 Å². The van der Waals surface area contributed by atoms with E-state index in [1.165, 1.54) is 16.6 Å². The Balaban J connectivity index is 1.25. The second-order valence-electron chi connectivity index (χ2n) is 9.19. The maximum Gasteiger partial charge on any atom is 0.251 e. The molecule has 188 valence electrons. The van der Waals surface area contributed by atoms with Crippen LogP contribution in [0.4, 0.5) is 0 Å². The Kier molecular flexibility index (Phi) is 9.01. The van der Waals surface area contributed by atoms with Gasteiger partial charge in [0.25, 0.3) is 5.91 Å².